The van der Waals surface area contributed by atoms with Crippen molar-refractivity contribution in [2.75, 3.05) is 13.1 Å². The minimum atomic E-state index is -0.0942. The maximum Gasteiger partial charge on any atom is 0.256 e. The molecule has 1 aromatic heterocycles. The molecule has 26 heavy (non-hydrogen) atoms. The topological polar surface area (TPSA) is 53.2 Å². The molecule has 1 amide bonds. The Morgan fingerprint density at radius 3 is 2.27 bits per heavy atom. The third-order valence-electron chi connectivity index (χ3n) is 5.85. The molecule has 4 rings (SSSR count). The van der Waals surface area contributed by atoms with Crippen LogP contribution in [0.1, 0.15) is 34.5 Å². The Morgan fingerprint density at radius 2 is 1.65 bits per heavy atom. The number of hydrogen-bond donors (Lipinski definition) is 1. The zero-order valence-electron chi connectivity index (χ0n) is 15.3. The average molecular weight is 348 g/mol. The predicted octanol–water partition coefficient (Wildman–Crippen LogP) is 3.70. The first-order chi connectivity index (χ1) is 12.5. The summed E-state index contributed by atoms with van der Waals surface area (Å²) in [7, 11) is 0. The van der Waals surface area contributed by atoms with Crippen LogP contribution in [-0.2, 0) is 0 Å². The van der Waals surface area contributed by atoms with E-state index in [0.29, 0.717) is 23.0 Å². The molecule has 1 aromatic carbocycles. The largest absolute Gasteiger partial charge is 0.338 e. The molecule has 1 aliphatic carbocycles. The summed E-state index contributed by atoms with van der Waals surface area (Å²) in [5.41, 5.74) is 4.02. The number of carbonyl (C=O) groups excluding carboxylic acids is 1. The van der Waals surface area contributed by atoms with Gasteiger partial charge in [-0.25, -0.2) is 0 Å². The molecule has 2 atom stereocenters. The third kappa shape index (κ3) is 3.00. The molecule has 134 valence electrons. The monoisotopic (exact) mass is 348 g/mol. The average Bonchev–Trinajstić information content (AvgIpc) is 3.08. The van der Waals surface area contributed by atoms with Gasteiger partial charge in [0.05, 0.1) is 0 Å². The van der Waals surface area contributed by atoms with E-state index in [-0.39, 0.29) is 11.5 Å². The van der Waals surface area contributed by atoms with Gasteiger partial charge in [-0.05, 0) is 67.9 Å². The molecule has 2 aliphatic rings. The van der Waals surface area contributed by atoms with Gasteiger partial charge in [0, 0.05) is 29.9 Å². The van der Waals surface area contributed by atoms with Crippen LogP contribution in [0.25, 0.3) is 11.1 Å². The number of aromatic nitrogens is 1. The molecule has 0 bridgehead atoms. The predicted molar refractivity (Wildman–Crippen MR) is 103 cm³/mol. The Labute approximate surface area is 153 Å². The first kappa shape index (κ1) is 16.8. The zero-order valence-corrected chi connectivity index (χ0v) is 15.3. The van der Waals surface area contributed by atoms with Crippen LogP contribution in [0, 0.1) is 25.7 Å². The van der Waals surface area contributed by atoms with E-state index in [2.05, 4.69) is 17.1 Å². The van der Waals surface area contributed by atoms with Crippen LogP contribution in [0.2, 0.25) is 0 Å². The molecule has 1 N–H and O–H groups in total. The van der Waals surface area contributed by atoms with Gasteiger partial charge in [0.1, 0.15) is 0 Å². The summed E-state index contributed by atoms with van der Waals surface area (Å²) in [6.07, 6.45) is 6.65. The number of allylic oxidation sites excluding steroid dienone is 2. The van der Waals surface area contributed by atoms with Crippen molar-refractivity contribution in [1.29, 1.82) is 0 Å². The van der Waals surface area contributed by atoms with Gasteiger partial charge in [-0.15, -0.1) is 0 Å². The first-order valence-corrected chi connectivity index (χ1v) is 9.28. The number of H-pyrrole nitrogens is 1. The molecule has 4 nitrogen and oxygen atoms in total. The lowest BCUT2D eigenvalue weighted by Crippen LogP contribution is -2.28. The van der Waals surface area contributed by atoms with E-state index in [4.69, 9.17) is 0 Å². The maximum atomic E-state index is 12.8. The number of amides is 1. The lowest BCUT2D eigenvalue weighted by atomic mass is 9.86. The second kappa shape index (κ2) is 6.60. The van der Waals surface area contributed by atoms with Crippen molar-refractivity contribution in [2.24, 2.45) is 11.8 Å². The van der Waals surface area contributed by atoms with E-state index in [9.17, 15) is 9.59 Å². The van der Waals surface area contributed by atoms with E-state index in [1.807, 2.05) is 49.1 Å². The quantitative estimate of drug-likeness (QED) is 0.842. The number of carbonyl (C=O) groups is 1. The smallest absolute Gasteiger partial charge is 0.256 e. The number of benzene rings is 1. The van der Waals surface area contributed by atoms with E-state index >= 15 is 0 Å². The van der Waals surface area contributed by atoms with E-state index in [1.165, 1.54) is 0 Å². The summed E-state index contributed by atoms with van der Waals surface area (Å²) in [5, 5.41) is 0. The van der Waals surface area contributed by atoms with Crippen molar-refractivity contribution in [2.45, 2.75) is 26.7 Å². The fraction of sp³-hybridized carbons (Fsp3) is 0.364. The lowest BCUT2D eigenvalue weighted by Gasteiger charge is -2.17. The fourth-order valence-corrected chi connectivity index (χ4v) is 4.10. The van der Waals surface area contributed by atoms with E-state index in [1.54, 1.807) is 0 Å². The highest BCUT2D eigenvalue weighted by atomic mass is 16.2. The van der Waals surface area contributed by atoms with Crippen molar-refractivity contribution < 1.29 is 4.79 Å². The number of nitrogens with one attached hydrogen (secondary N) is 1. The second-order valence-corrected chi connectivity index (χ2v) is 7.57. The zero-order chi connectivity index (χ0) is 18.3. The highest BCUT2D eigenvalue weighted by Crippen LogP contribution is 2.33. The maximum absolute atomic E-state index is 12.8. The summed E-state index contributed by atoms with van der Waals surface area (Å²) >= 11 is 0. The van der Waals surface area contributed by atoms with Crippen LogP contribution in [-0.4, -0.2) is 28.9 Å². The van der Waals surface area contributed by atoms with Gasteiger partial charge in [-0.2, -0.15) is 0 Å². The SMILES string of the molecule is Cc1cc(-c2ccc(C(=O)N3C[C@H]4CC=CC[C@H]4C3)cc2)c(=O)[nH]c1C. The van der Waals surface area contributed by atoms with Gasteiger partial charge in [-0.1, -0.05) is 24.3 Å². The van der Waals surface area contributed by atoms with Crippen LogP contribution >= 0.6 is 0 Å². The molecule has 0 spiro atoms. The van der Waals surface area contributed by atoms with Crippen LogP contribution in [0.5, 0.6) is 0 Å². The number of rotatable bonds is 2. The first-order valence-electron chi connectivity index (χ1n) is 9.28. The van der Waals surface area contributed by atoms with Gasteiger partial charge in [0.2, 0.25) is 0 Å². The van der Waals surface area contributed by atoms with Crippen molar-refractivity contribution in [3.63, 3.8) is 0 Å². The number of aromatic amines is 1. The highest BCUT2D eigenvalue weighted by Gasteiger charge is 2.35. The molecular weight excluding hydrogens is 324 g/mol. The number of pyridine rings is 1. The Bertz CT molecular complexity index is 908. The van der Waals surface area contributed by atoms with Crippen LogP contribution in [0.3, 0.4) is 0 Å². The van der Waals surface area contributed by atoms with Crippen molar-refractivity contribution >= 4 is 5.91 Å². The molecular formula is C22H24N2O2. The Balaban J connectivity index is 1.54. The number of hydrogen-bond acceptors (Lipinski definition) is 2. The molecule has 2 aromatic rings. The fourth-order valence-electron chi connectivity index (χ4n) is 4.10. The molecule has 1 saturated heterocycles. The molecule has 4 heteroatoms. The summed E-state index contributed by atoms with van der Waals surface area (Å²) in [6.45, 7) is 5.58. The molecule has 0 saturated carbocycles. The minimum absolute atomic E-state index is 0.0942. The number of fused-ring (bicyclic) bond motifs is 1. The molecule has 1 aliphatic heterocycles. The Hall–Kier alpha value is -2.62. The Morgan fingerprint density at radius 1 is 1.04 bits per heavy atom. The molecule has 0 radical (unpaired) electrons. The Kier molecular flexibility index (Phi) is 4.27. The van der Waals surface area contributed by atoms with Crippen LogP contribution < -0.4 is 5.56 Å². The second-order valence-electron chi connectivity index (χ2n) is 7.57. The molecule has 0 unspecified atom stereocenters. The van der Waals surface area contributed by atoms with Crippen molar-refractivity contribution in [3.8, 4) is 11.1 Å². The molecule has 2 heterocycles. The normalized spacial score (nSPS) is 21.7. The summed E-state index contributed by atoms with van der Waals surface area (Å²) < 4.78 is 0. The van der Waals surface area contributed by atoms with E-state index in [0.717, 1.165) is 42.8 Å². The molecule has 1 fully saturated rings. The number of nitrogens with zero attached hydrogens (tertiary/aromatic N) is 1. The van der Waals surface area contributed by atoms with Gasteiger partial charge in [0.15, 0.2) is 0 Å². The number of aryl methyl sites for hydroxylation is 2. The van der Waals surface area contributed by atoms with E-state index < -0.39 is 0 Å². The van der Waals surface area contributed by atoms with Crippen molar-refractivity contribution in [3.05, 3.63) is 69.7 Å². The summed E-state index contributed by atoms with van der Waals surface area (Å²) in [4.78, 5) is 29.9. The summed E-state index contributed by atoms with van der Waals surface area (Å²) in [5.74, 6) is 1.31. The van der Waals surface area contributed by atoms with Crippen LogP contribution in [0.4, 0.5) is 0 Å². The van der Waals surface area contributed by atoms with Gasteiger partial charge in [-0.3, -0.25) is 9.59 Å². The highest BCUT2D eigenvalue weighted by molar-refractivity contribution is 5.95. The third-order valence-corrected chi connectivity index (χ3v) is 5.85. The number of likely N-dealkylation sites (tertiary alicyclic amines) is 1. The standard InChI is InChI=1S/C22H24N2O2/c1-14-11-20(21(25)23-15(14)2)16-7-9-17(10-8-16)22(26)24-12-18-5-3-4-6-19(18)13-24/h3-4,7-11,18-19H,5-6,12-13H2,1-2H3,(H,23,25)/t18-,19+. The van der Waals surface area contributed by atoms with Gasteiger partial charge in [0.25, 0.3) is 11.5 Å². The lowest BCUT2D eigenvalue weighted by molar-refractivity contribution is 0.0784. The van der Waals surface area contributed by atoms with Gasteiger partial charge >= 0.3 is 0 Å². The summed E-state index contributed by atoms with van der Waals surface area (Å²) in [6, 6.07) is 9.33. The van der Waals surface area contributed by atoms with Crippen LogP contribution in [0.15, 0.2) is 47.3 Å². The minimum Gasteiger partial charge on any atom is -0.338 e. The van der Waals surface area contributed by atoms with Crippen molar-refractivity contribution in [1.82, 2.24) is 9.88 Å². The van der Waals surface area contributed by atoms with Gasteiger partial charge < -0.3 is 9.88 Å².